The summed E-state index contributed by atoms with van der Waals surface area (Å²) in [5.74, 6) is 1.04. The Balaban J connectivity index is 2.23. The minimum Gasteiger partial charge on any atom is -0.496 e. The molecule has 0 saturated heterocycles. The molecule has 0 N–H and O–H groups in total. The lowest BCUT2D eigenvalue weighted by molar-refractivity contribution is 0.400. The van der Waals surface area contributed by atoms with E-state index in [4.69, 9.17) is 4.74 Å². The van der Waals surface area contributed by atoms with E-state index in [9.17, 15) is 8.42 Å². The van der Waals surface area contributed by atoms with Gasteiger partial charge in [0.05, 0.1) is 17.7 Å². The smallest absolute Gasteiger partial charge is 0.264 e. The molecule has 1 atom stereocenters. The second-order valence-electron chi connectivity index (χ2n) is 6.76. The SMILES string of the molecule is CC[C@@H]1CCN(S(=O)(=O)c2ccc(C)cc2)c2c(Br)c(C)cc(OC)c21. The van der Waals surface area contributed by atoms with Crippen LogP contribution in [0.4, 0.5) is 5.69 Å². The Hall–Kier alpha value is -1.53. The van der Waals surface area contributed by atoms with Gasteiger partial charge in [-0.2, -0.15) is 0 Å². The van der Waals surface area contributed by atoms with Crippen LogP contribution in [0.15, 0.2) is 39.7 Å². The second kappa shape index (κ2) is 7.24. The number of nitrogens with zero attached hydrogens (tertiary/aromatic N) is 1. The van der Waals surface area contributed by atoms with Gasteiger partial charge in [0.2, 0.25) is 0 Å². The summed E-state index contributed by atoms with van der Waals surface area (Å²) in [7, 11) is -2.00. The number of anilines is 1. The molecule has 0 saturated carbocycles. The van der Waals surface area contributed by atoms with Crippen molar-refractivity contribution in [1.29, 1.82) is 0 Å². The molecule has 0 spiro atoms. The normalized spacial score (nSPS) is 17.1. The third kappa shape index (κ3) is 3.14. The van der Waals surface area contributed by atoms with Crippen molar-refractivity contribution in [2.45, 2.75) is 44.4 Å². The first-order chi connectivity index (χ1) is 12.3. The molecule has 4 nitrogen and oxygen atoms in total. The van der Waals surface area contributed by atoms with E-state index in [0.717, 1.165) is 45.4 Å². The maximum atomic E-state index is 13.4. The summed E-state index contributed by atoms with van der Waals surface area (Å²) in [5.41, 5.74) is 3.70. The largest absolute Gasteiger partial charge is 0.496 e. The minimum atomic E-state index is -3.64. The van der Waals surface area contributed by atoms with E-state index in [-0.39, 0.29) is 5.92 Å². The van der Waals surface area contributed by atoms with Crippen molar-refractivity contribution in [1.82, 2.24) is 0 Å². The van der Waals surface area contributed by atoms with Crippen LogP contribution in [0.2, 0.25) is 0 Å². The Labute approximate surface area is 164 Å². The number of halogens is 1. The highest BCUT2D eigenvalue weighted by Gasteiger charge is 2.36. The Kier molecular flexibility index (Phi) is 5.35. The van der Waals surface area contributed by atoms with Gasteiger partial charge in [-0.3, -0.25) is 4.31 Å². The first-order valence-electron chi connectivity index (χ1n) is 8.77. The molecule has 2 aromatic carbocycles. The third-order valence-electron chi connectivity index (χ3n) is 5.08. The van der Waals surface area contributed by atoms with Crippen molar-refractivity contribution < 1.29 is 13.2 Å². The van der Waals surface area contributed by atoms with Crippen molar-refractivity contribution in [3.63, 3.8) is 0 Å². The van der Waals surface area contributed by atoms with Gasteiger partial charge >= 0.3 is 0 Å². The molecule has 140 valence electrons. The summed E-state index contributed by atoms with van der Waals surface area (Å²) in [6, 6.07) is 9.00. The number of benzene rings is 2. The molecule has 1 aliphatic rings. The molecule has 0 radical (unpaired) electrons. The predicted molar refractivity (Wildman–Crippen MR) is 109 cm³/mol. The minimum absolute atomic E-state index is 0.279. The molecule has 2 aromatic rings. The highest BCUT2D eigenvalue weighted by molar-refractivity contribution is 9.10. The fourth-order valence-electron chi connectivity index (χ4n) is 3.58. The third-order valence-corrected chi connectivity index (χ3v) is 7.90. The molecule has 6 heteroatoms. The highest BCUT2D eigenvalue weighted by Crippen LogP contribution is 2.49. The summed E-state index contributed by atoms with van der Waals surface area (Å²) < 4.78 is 34.7. The summed E-state index contributed by atoms with van der Waals surface area (Å²) >= 11 is 3.64. The number of fused-ring (bicyclic) bond motifs is 1. The number of ether oxygens (including phenoxy) is 1. The zero-order valence-corrected chi connectivity index (χ0v) is 17.9. The average Bonchev–Trinajstić information content (AvgIpc) is 2.63. The zero-order valence-electron chi connectivity index (χ0n) is 15.5. The Morgan fingerprint density at radius 3 is 2.46 bits per heavy atom. The summed E-state index contributed by atoms with van der Waals surface area (Å²) in [6.07, 6.45) is 1.72. The zero-order chi connectivity index (χ0) is 19.1. The van der Waals surface area contributed by atoms with Gasteiger partial charge in [-0.15, -0.1) is 0 Å². The number of aryl methyl sites for hydroxylation is 2. The van der Waals surface area contributed by atoms with Crippen molar-refractivity contribution in [3.05, 3.63) is 51.5 Å². The molecule has 0 amide bonds. The lowest BCUT2D eigenvalue weighted by Crippen LogP contribution is -2.37. The maximum absolute atomic E-state index is 13.4. The summed E-state index contributed by atoms with van der Waals surface area (Å²) in [5, 5.41) is 0. The molecule has 0 fully saturated rings. The van der Waals surface area contributed by atoms with Crippen molar-refractivity contribution in [2.24, 2.45) is 0 Å². The van der Waals surface area contributed by atoms with Gasteiger partial charge in [-0.25, -0.2) is 8.42 Å². The van der Waals surface area contributed by atoms with Crippen LogP contribution in [0, 0.1) is 13.8 Å². The Bertz CT molecular complexity index is 923. The lowest BCUT2D eigenvalue weighted by Gasteiger charge is -2.37. The maximum Gasteiger partial charge on any atom is 0.264 e. The first kappa shape index (κ1) is 19.2. The van der Waals surface area contributed by atoms with Gasteiger partial charge in [0.15, 0.2) is 0 Å². The van der Waals surface area contributed by atoms with Crippen LogP contribution in [0.3, 0.4) is 0 Å². The van der Waals surface area contributed by atoms with Crippen LogP contribution in [0.5, 0.6) is 5.75 Å². The van der Waals surface area contributed by atoms with E-state index >= 15 is 0 Å². The highest BCUT2D eigenvalue weighted by atomic mass is 79.9. The van der Waals surface area contributed by atoms with Gasteiger partial charge in [-0.05, 0) is 72.3 Å². The van der Waals surface area contributed by atoms with Crippen molar-refractivity contribution in [2.75, 3.05) is 18.0 Å². The van der Waals surface area contributed by atoms with Crippen molar-refractivity contribution in [3.8, 4) is 5.75 Å². The standard InChI is InChI=1S/C20H24BrNO3S/c1-5-15-10-11-22(26(23,24)16-8-6-13(2)7-9-16)20-18(15)17(25-4)12-14(3)19(20)21/h6-9,12,15H,5,10-11H2,1-4H3/t15-/m1/s1. The van der Waals surface area contributed by atoms with E-state index in [1.807, 2.05) is 32.0 Å². The quantitative estimate of drug-likeness (QED) is 0.662. The van der Waals surface area contributed by atoms with E-state index < -0.39 is 10.0 Å². The van der Waals surface area contributed by atoms with Crippen LogP contribution in [-0.2, 0) is 10.0 Å². The van der Waals surface area contributed by atoms with Gasteiger partial charge < -0.3 is 4.74 Å². The monoisotopic (exact) mass is 437 g/mol. The summed E-state index contributed by atoms with van der Waals surface area (Å²) in [4.78, 5) is 0.316. The number of rotatable bonds is 4. The number of methoxy groups -OCH3 is 1. The molecule has 3 rings (SSSR count). The van der Waals surface area contributed by atoms with Gasteiger partial charge in [-0.1, -0.05) is 24.6 Å². The Morgan fingerprint density at radius 2 is 1.88 bits per heavy atom. The first-order valence-corrected chi connectivity index (χ1v) is 11.0. The molecule has 0 aromatic heterocycles. The fourth-order valence-corrected chi connectivity index (χ4v) is 5.75. The molecule has 0 bridgehead atoms. The number of hydrogen-bond donors (Lipinski definition) is 0. The molecule has 1 aliphatic heterocycles. The summed E-state index contributed by atoms with van der Waals surface area (Å²) in [6.45, 7) is 6.50. The molecule has 26 heavy (non-hydrogen) atoms. The Morgan fingerprint density at radius 1 is 1.23 bits per heavy atom. The van der Waals surface area contributed by atoms with Crippen LogP contribution in [0.25, 0.3) is 0 Å². The van der Waals surface area contributed by atoms with E-state index in [2.05, 4.69) is 22.9 Å². The van der Waals surface area contributed by atoms with Gasteiger partial charge in [0.25, 0.3) is 10.0 Å². The second-order valence-corrected chi connectivity index (χ2v) is 9.41. The van der Waals surface area contributed by atoms with Crippen LogP contribution >= 0.6 is 15.9 Å². The van der Waals surface area contributed by atoms with Crippen LogP contribution in [0.1, 0.15) is 42.4 Å². The molecular formula is C20H24BrNO3S. The average molecular weight is 438 g/mol. The number of sulfonamides is 1. The van der Waals surface area contributed by atoms with E-state index in [1.54, 1.807) is 23.5 Å². The molecular weight excluding hydrogens is 414 g/mol. The predicted octanol–water partition coefficient (Wildman–Crippen LogP) is 5.17. The molecule has 0 unspecified atom stereocenters. The van der Waals surface area contributed by atoms with Gasteiger partial charge in [0, 0.05) is 16.6 Å². The fraction of sp³-hybridized carbons (Fsp3) is 0.400. The van der Waals surface area contributed by atoms with E-state index in [0.29, 0.717) is 11.4 Å². The van der Waals surface area contributed by atoms with Gasteiger partial charge in [0.1, 0.15) is 5.75 Å². The molecule has 1 heterocycles. The number of hydrogen-bond acceptors (Lipinski definition) is 3. The molecule has 0 aliphatic carbocycles. The topological polar surface area (TPSA) is 46.6 Å². The van der Waals surface area contributed by atoms with Crippen LogP contribution in [-0.4, -0.2) is 22.1 Å². The van der Waals surface area contributed by atoms with Crippen molar-refractivity contribution >= 4 is 31.6 Å². The van der Waals surface area contributed by atoms with E-state index in [1.165, 1.54) is 0 Å². The lowest BCUT2D eigenvalue weighted by atomic mass is 9.87. The van der Waals surface area contributed by atoms with Crippen LogP contribution < -0.4 is 9.04 Å².